The van der Waals surface area contributed by atoms with E-state index in [0.717, 1.165) is 4.47 Å². The molecule has 4 heteroatoms. The predicted octanol–water partition coefficient (Wildman–Crippen LogP) is 2.74. The van der Waals surface area contributed by atoms with Crippen molar-refractivity contribution in [2.45, 2.75) is 6.92 Å². The Labute approximate surface area is 96.3 Å². The Balaban J connectivity index is 2.79. The van der Waals surface area contributed by atoms with Crippen molar-refractivity contribution in [1.29, 1.82) is 0 Å². The van der Waals surface area contributed by atoms with E-state index in [1.165, 1.54) is 18.2 Å². The number of likely N-dealkylation sites (N-methyl/N-ethyl adjacent to an activating group) is 1. The molecule has 15 heavy (non-hydrogen) atoms. The molecule has 0 unspecified atom stereocenters. The van der Waals surface area contributed by atoms with Crippen molar-refractivity contribution in [1.82, 2.24) is 5.32 Å². The Morgan fingerprint density at radius 1 is 1.60 bits per heavy atom. The van der Waals surface area contributed by atoms with Crippen LogP contribution in [0.1, 0.15) is 12.5 Å². The first-order valence-corrected chi connectivity index (χ1v) is 5.33. The average molecular weight is 272 g/mol. The van der Waals surface area contributed by atoms with Gasteiger partial charge in [-0.3, -0.25) is 4.79 Å². The van der Waals surface area contributed by atoms with Gasteiger partial charge in [-0.2, -0.15) is 0 Å². The summed E-state index contributed by atoms with van der Waals surface area (Å²) in [6.07, 6.45) is 2.76. The molecule has 0 saturated carbocycles. The van der Waals surface area contributed by atoms with Crippen molar-refractivity contribution in [3.8, 4) is 0 Å². The molecular weight excluding hydrogens is 261 g/mol. The Kier molecular flexibility index (Phi) is 4.49. The summed E-state index contributed by atoms with van der Waals surface area (Å²) in [5, 5.41) is 2.59. The zero-order chi connectivity index (χ0) is 11.3. The summed E-state index contributed by atoms with van der Waals surface area (Å²) >= 11 is 3.23. The van der Waals surface area contributed by atoms with Gasteiger partial charge in [0.15, 0.2) is 0 Å². The molecule has 0 atom stereocenters. The molecular formula is C11H11BrFNO. The second kappa shape index (κ2) is 5.66. The third-order valence-electron chi connectivity index (χ3n) is 1.72. The van der Waals surface area contributed by atoms with Gasteiger partial charge < -0.3 is 5.32 Å². The molecule has 0 radical (unpaired) electrons. The largest absolute Gasteiger partial charge is 0.353 e. The molecule has 0 aliphatic rings. The first kappa shape index (κ1) is 11.9. The molecule has 1 aromatic rings. The second-order valence-electron chi connectivity index (χ2n) is 2.89. The smallest absolute Gasteiger partial charge is 0.243 e. The maximum Gasteiger partial charge on any atom is 0.243 e. The maximum absolute atomic E-state index is 13.2. The van der Waals surface area contributed by atoms with E-state index >= 15 is 0 Å². The summed E-state index contributed by atoms with van der Waals surface area (Å²) in [6, 6.07) is 4.57. The lowest BCUT2D eigenvalue weighted by Crippen LogP contribution is -2.19. The van der Waals surface area contributed by atoms with Crippen molar-refractivity contribution in [3.05, 3.63) is 40.1 Å². The minimum atomic E-state index is -0.348. The molecule has 80 valence electrons. The summed E-state index contributed by atoms with van der Waals surface area (Å²) in [7, 11) is 0. The third-order valence-corrected chi connectivity index (χ3v) is 2.22. The predicted molar refractivity (Wildman–Crippen MR) is 61.8 cm³/mol. The van der Waals surface area contributed by atoms with Gasteiger partial charge in [0.05, 0.1) is 0 Å². The van der Waals surface area contributed by atoms with E-state index in [2.05, 4.69) is 21.2 Å². The Bertz CT molecular complexity index is 390. The quantitative estimate of drug-likeness (QED) is 0.842. The van der Waals surface area contributed by atoms with Crippen molar-refractivity contribution in [2.24, 2.45) is 0 Å². The van der Waals surface area contributed by atoms with E-state index in [1.54, 1.807) is 12.1 Å². The summed E-state index contributed by atoms with van der Waals surface area (Å²) in [5.74, 6) is -0.573. The summed E-state index contributed by atoms with van der Waals surface area (Å²) in [5.41, 5.74) is 0.385. The lowest BCUT2D eigenvalue weighted by molar-refractivity contribution is -0.116. The van der Waals surface area contributed by atoms with Gasteiger partial charge in [-0.05, 0) is 31.2 Å². The number of rotatable bonds is 3. The van der Waals surface area contributed by atoms with Crippen LogP contribution in [0.3, 0.4) is 0 Å². The van der Waals surface area contributed by atoms with E-state index < -0.39 is 0 Å². The van der Waals surface area contributed by atoms with Crippen molar-refractivity contribution in [2.75, 3.05) is 6.54 Å². The van der Waals surface area contributed by atoms with Crippen LogP contribution in [0.15, 0.2) is 28.7 Å². The zero-order valence-corrected chi connectivity index (χ0v) is 9.84. The van der Waals surface area contributed by atoms with E-state index in [4.69, 9.17) is 0 Å². The van der Waals surface area contributed by atoms with Gasteiger partial charge in [-0.25, -0.2) is 4.39 Å². The molecule has 0 aliphatic carbocycles. The number of hydrogen-bond donors (Lipinski definition) is 1. The van der Waals surface area contributed by atoms with Gasteiger partial charge >= 0.3 is 0 Å². The van der Waals surface area contributed by atoms with Crippen molar-refractivity contribution < 1.29 is 9.18 Å². The van der Waals surface area contributed by atoms with Gasteiger partial charge in [0.1, 0.15) is 5.82 Å². The number of halogens is 2. The molecule has 0 bridgehead atoms. The first-order chi connectivity index (χ1) is 7.13. The fourth-order valence-electron chi connectivity index (χ4n) is 1.04. The minimum absolute atomic E-state index is 0.225. The van der Waals surface area contributed by atoms with Crippen LogP contribution in [-0.4, -0.2) is 12.5 Å². The highest BCUT2D eigenvalue weighted by molar-refractivity contribution is 9.10. The van der Waals surface area contributed by atoms with Gasteiger partial charge in [0.25, 0.3) is 0 Å². The number of benzene rings is 1. The molecule has 0 aromatic heterocycles. The van der Waals surface area contributed by atoms with Gasteiger partial charge in [0, 0.05) is 22.7 Å². The fraction of sp³-hybridized carbons (Fsp3) is 0.182. The van der Waals surface area contributed by atoms with Gasteiger partial charge in [-0.15, -0.1) is 0 Å². The SMILES string of the molecule is CCNC(=O)C=Cc1cc(Br)ccc1F. The average Bonchev–Trinajstić information content (AvgIpc) is 2.20. The number of amides is 1. The van der Waals surface area contributed by atoms with Crippen LogP contribution in [0.5, 0.6) is 0 Å². The standard InChI is InChI=1S/C11H11BrFNO/c1-2-14-11(15)6-3-8-7-9(12)4-5-10(8)13/h3-7H,2H2,1H3,(H,14,15). The van der Waals surface area contributed by atoms with Crippen LogP contribution in [0.25, 0.3) is 6.08 Å². The Morgan fingerprint density at radius 3 is 3.00 bits per heavy atom. The zero-order valence-electron chi connectivity index (χ0n) is 8.26. The molecule has 1 amide bonds. The highest BCUT2D eigenvalue weighted by Gasteiger charge is 1.99. The van der Waals surface area contributed by atoms with Crippen LogP contribution >= 0.6 is 15.9 Å². The molecule has 0 heterocycles. The van der Waals surface area contributed by atoms with E-state index in [0.29, 0.717) is 12.1 Å². The molecule has 1 aromatic carbocycles. The third kappa shape index (κ3) is 3.83. The summed E-state index contributed by atoms with van der Waals surface area (Å²) < 4.78 is 14.0. The van der Waals surface area contributed by atoms with Gasteiger partial charge in [-0.1, -0.05) is 15.9 Å². The number of nitrogens with one attached hydrogen (secondary N) is 1. The monoisotopic (exact) mass is 271 g/mol. The van der Waals surface area contributed by atoms with Crippen LogP contribution < -0.4 is 5.32 Å². The molecule has 0 fully saturated rings. The van der Waals surface area contributed by atoms with E-state index in [1.807, 2.05) is 6.92 Å². The van der Waals surface area contributed by atoms with Crippen LogP contribution in [0, 0.1) is 5.82 Å². The highest BCUT2D eigenvalue weighted by Crippen LogP contribution is 2.16. The first-order valence-electron chi connectivity index (χ1n) is 4.54. The summed E-state index contributed by atoms with van der Waals surface area (Å²) in [4.78, 5) is 11.1. The van der Waals surface area contributed by atoms with Crippen molar-refractivity contribution in [3.63, 3.8) is 0 Å². The Hall–Kier alpha value is -1.16. The Morgan fingerprint density at radius 2 is 2.33 bits per heavy atom. The molecule has 1 rings (SSSR count). The number of hydrogen-bond acceptors (Lipinski definition) is 1. The molecule has 0 saturated heterocycles. The topological polar surface area (TPSA) is 29.1 Å². The van der Waals surface area contributed by atoms with E-state index in [9.17, 15) is 9.18 Å². The second-order valence-corrected chi connectivity index (χ2v) is 3.81. The number of carbonyl (C=O) groups is 1. The maximum atomic E-state index is 13.2. The summed E-state index contributed by atoms with van der Waals surface area (Å²) in [6.45, 7) is 2.38. The molecule has 0 aliphatic heterocycles. The minimum Gasteiger partial charge on any atom is -0.353 e. The molecule has 0 spiro atoms. The molecule has 2 nitrogen and oxygen atoms in total. The fourth-order valence-corrected chi connectivity index (χ4v) is 1.42. The van der Waals surface area contributed by atoms with Crippen LogP contribution in [0.4, 0.5) is 4.39 Å². The lowest BCUT2D eigenvalue weighted by Gasteiger charge is -1.98. The van der Waals surface area contributed by atoms with Gasteiger partial charge in [0.2, 0.25) is 5.91 Å². The highest BCUT2D eigenvalue weighted by atomic mass is 79.9. The van der Waals surface area contributed by atoms with E-state index in [-0.39, 0.29) is 11.7 Å². The van der Waals surface area contributed by atoms with Crippen molar-refractivity contribution >= 4 is 27.9 Å². The van der Waals surface area contributed by atoms with Crippen LogP contribution in [-0.2, 0) is 4.79 Å². The van der Waals surface area contributed by atoms with Crippen LogP contribution in [0.2, 0.25) is 0 Å². The normalized spacial score (nSPS) is 10.6. The molecule has 1 N–H and O–H groups in total. The lowest BCUT2D eigenvalue weighted by atomic mass is 10.2. The number of carbonyl (C=O) groups excluding carboxylic acids is 1.